The predicted octanol–water partition coefficient (Wildman–Crippen LogP) is 5.54. The number of aromatic nitrogens is 1. The third-order valence-electron chi connectivity index (χ3n) is 9.16. The lowest BCUT2D eigenvalue weighted by atomic mass is 9.88. The Kier molecular flexibility index (Phi) is 9.54. The summed E-state index contributed by atoms with van der Waals surface area (Å²) in [5, 5.41) is 8.41. The lowest BCUT2D eigenvalue weighted by molar-refractivity contribution is -0.121. The molecule has 240 valence electrons. The third-order valence-corrected chi connectivity index (χ3v) is 9.72. The molecule has 0 radical (unpaired) electrons. The number of halogens is 2. The van der Waals surface area contributed by atoms with Gasteiger partial charge in [0.2, 0.25) is 5.91 Å². The highest BCUT2D eigenvalue weighted by Gasteiger charge is 2.38. The molecule has 4 amide bonds. The average molecular weight is 662 g/mol. The number of piperazine rings is 1. The van der Waals surface area contributed by atoms with Gasteiger partial charge in [0.1, 0.15) is 6.04 Å². The monoisotopic (exact) mass is 660 g/mol. The number of urea groups is 1. The molecule has 6 rings (SSSR count). The van der Waals surface area contributed by atoms with Gasteiger partial charge >= 0.3 is 6.03 Å². The van der Waals surface area contributed by atoms with E-state index >= 15 is 0 Å². The van der Waals surface area contributed by atoms with Gasteiger partial charge in [-0.25, -0.2) is 4.79 Å². The predicted molar refractivity (Wildman–Crippen MR) is 183 cm³/mol. The Hall–Kier alpha value is -4.05. The van der Waals surface area contributed by atoms with Crippen molar-refractivity contribution in [3.05, 3.63) is 99.7 Å². The quantitative estimate of drug-likeness (QED) is 0.242. The van der Waals surface area contributed by atoms with E-state index in [1.165, 1.54) is 0 Å². The van der Waals surface area contributed by atoms with Gasteiger partial charge in [0, 0.05) is 66.5 Å². The first-order valence-electron chi connectivity index (χ1n) is 15.6. The molecule has 2 aliphatic heterocycles. The number of H-pyrrole nitrogens is 1. The largest absolute Gasteiger partial charge is 0.361 e. The average Bonchev–Trinajstić information content (AvgIpc) is 3.50. The number of hydrogen-bond acceptors (Lipinski definition) is 4. The Morgan fingerprint density at radius 3 is 2.43 bits per heavy atom. The summed E-state index contributed by atoms with van der Waals surface area (Å²) in [6.07, 6.45) is 2.72. The molecule has 0 aliphatic carbocycles. The first-order chi connectivity index (χ1) is 22.2. The summed E-state index contributed by atoms with van der Waals surface area (Å²) in [6, 6.07) is 19.4. The third kappa shape index (κ3) is 6.45. The lowest BCUT2D eigenvalue weighted by Crippen LogP contribution is -2.59. The Balaban J connectivity index is 1.26. The molecule has 46 heavy (non-hydrogen) atoms. The van der Waals surface area contributed by atoms with Crippen LogP contribution in [0.5, 0.6) is 0 Å². The maximum absolute atomic E-state index is 14.7. The minimum Gasteiger partial charge on any atom is -0.361 e. The zero-order chi connectivity index (χ0) is 32.4. The summed E-state index contributed by atoms with van der Waals surface area (Å²) in [5.74, 6) is -0.505. The number of anilines is 1. The van der Waals surface area contributed by atoms with E-state index in [-0.39, 0.29) is 29.7 Å². The van der Waals surface area contributed by atoms with Crippen LogP contribution in [0.3, 0.4) is 0 Å². The van der Waals surface area contributed by atoms with Crippen molar-refractivity contribution in [2.75, 3.05) is 51.2 Å². The van der Waals surface area contributed by atoms with E-state index in [9.17, 15) is 14.4 Å². The number of carbonyl (C=O) groups excluding carboxylic acids is 3. The zero-order valence-electron chi connectivity index (χ0n) is 25.9. The van der Waals surface area contributed by atoms with Crippen molar-refractivity contribution >= 4 is 57.6 Å². The van der Waals surface area contributed by atoms with E-state index in [4.69, 9.17) is 23.2 Å². The molecule has 11 heteroatoms. The number of hydrogen-bond donors (Lipinski definition) is 3. The molecular weight excluding hydrogens is 623 g/mol. The highest BCUT2D eigenvalue weighted by molar-refractivity contribution is 6.33. The van der Waals surface area contributed by atoms with E-state index in [1.807, 2.05) is 61.5 Å². The zero-order valence-corrected chi connectivity index (χ0v) is 27.4. The van der Waals surface area contributed by atoms with E-state index in [1.54, 1.807) is 40.1 Å². The minimum atomic E-state index is -0.855. The van der Waals surface area contributed by atoms with Crippen molar-refractivity contribution in [2.24, 2.45) is 5.92 Å². The van der Waals surface area contributed by atoms with Crippen LogP contribution in [0.25, 0.3) is 10.9 Å². The Morgan fingerprint density at radius 2 is 1.67 bits per heavy atom. The summed E-state index contributed by atoms with van der Waals surface area (Å²) in [5.41, 5.74) is 4.19. The molecule has 4 aromatic rings. The van der Waals surface area contributed by atoms with Crippen LogP contribution in [0.2, 0.25) is 10.0 Å². The number of fused-ring (bicyclic) bond motifs is 2. The second-order valence-electron chi connectivity index (χ2n) is 12.1. The summed E-state index contributed by atoms with van der Waals surface area (Å²) in [6.45, 7) is 4.63. The van der Waals surface area contributed by atoms with Crippen LogP contribution >= 0.6 is 23.2 Å². The SMILES string of the molecule is CNC[C@H]1Cc2cc(Cl)ccc2N(C(=O)[C@H](NC(=O)N2CCN(C(=O)c3ccccc3Cl)CC2)[C@@H](C)c2c[nH]c3ccccc23)C1. The Bertz CT molecular complexity index is 1750. The Morgan fingerprint density at radius 1 is 0.957 bits per heavy atom. The van der Waals surface area contributed by atoms with E-state index in [0.29, 0.717) is 48.3 Å². The minimum absolute atomic E-state index is 0.160. The molecule has 0 spiro atoms. The summed E-state index contributed by atoms with van der Waals surface area (Å²) in [4.78, 5) is 50.2. The number of benzene rings is 3. The molecule has 3 atom stereocenters. The molecule has 1 aromatic heterocycles. The molecule has 1 saturated heterocycles. The molecule has 3 aromatic carbocycles. The van der Waals surface area contributed by atoms with Gasteiger partial charge in [-0.1, -0.05) is 60.5 Å². The van der Waals surface area contributed by atoms with Crippen LogP contribution in [0.1, 0.15) is 34.3 Å². The molecule has 2 aliphatic rings. The highest BCUT2D eigenvalue weighted by atomic mass is 35.5. The van der Waals surface area contributed by atoms with Gasteiger partial charge in [0.05, 0.1) is 10.6 Å². The van der Waals surface area contributed by atoms with Gasteiger partial charge in [-0.3, -0.25) is 9.59 Å². The molecule has 3 N–H and O–H groups in total. The fourth-order valence-corrected chi connectivity index (χ4v) is 7.12. The molecule has 0 saturated carbocycles. The smallest absolute Gasteiger partial charge is 0.318 e. The van der Waals surface area contributed by atoms with E-state index < -0.39 is 6.04 Å². The number of carbonyl (C=O) groups is 3. The standard InChI is InChI=1S/C35H38Cl2N6O3/c1-22(28-20-39-30-10-6-4-7-26(28)30)32(34(45)43-21-23(19-38-2)17-24-18-25(36)11-12-31(24)43)40-35(46)42-15-13-41(14-16-42)33(44)27-8-3-5-9-29(27)37/h3-12,18,20,22-23,32,38-39H,13-17,19,21H2,1-2H3,(H,40,46)/t22-,23+,32+/m0/s1. The summed E-state index contributed by atoms with van der Waals surface area (Å²) >= 11 is 12.6. The number of nitrogens with zero attached hydrogens (tertiary/aromatic N) is 3. The molecular formula is C35H38Cl2N6O3. The second-order valence-corrected chi connectivity index (χ2v) is 13.0. The fourth-order valence-electron chi connectivity index (χ4n) is 6.71. The van der Waals surface area contributed by atoms with Crippen molar-refractivity contribution in [3.8, 4) is 0 Å². The van der Waals surface area contributed by atoms with Gasteiger partial charge < -0.3 is 30.3 Å². The second kappa shape index (κ2) is 13.7. The van der Waals surface area contributed by atoms with Crippen LogP contribution in [0, 0.1) is 5.92 Å². The maximum Gasteiger partial charge on any atom is 0.318 e. The van der Waals surface area contributed by atoms with Gasteiger partial charge in [-0.2, -0.15) is 0 Å². The van der Waals surface area contributed by atoms with Gasteiger partial charge in [0.25, 0.3) is 5.91 Å². The van der Waals surface area contributed by atoms with Crippen molar-refractivity contribution in [3.63, 3.8) is 0 Å². The molecule has 3 heterocycles. The number of aromatic amines is 1. The van der Waals surface area contributed by atoms with Gasteiger partial charge in [0.15, 0.2) is 0 Å². The number of amides is 4. The van der Waals surface area contributed by atoms with Crippen molar-refractivity contribution in [2.45, 2.75) is 25.3 Å². The van der Waals surface area contributed by atoms with Gasteiger partial charge in [-0.05, 0) is 73.5 Å². The topological polar surface area (TPSA) is 101 Å². The molecule has 0 bridgehead atoms. The van der Waals surface area contributed by atoms with Crippen molar-refractivity contribution in [1.82, 2.24) is 25.4 Å². The molecule has 0 unspecified atom stereocenters. The molecule has 1 fully saturated rings. The number of rotatable bonds is 7. The van der Waals surface area contributed by atoms with Gasteiger partial charge in [-0.15, -0.1) is 0 Å². The number of para-hydroxylation sites is 1. The van der Waals surface area contributed by atoms with E-state index in [2.05, 4.69) is 15.6 Å². The van der Waals surface area contributed by atoms with Crippen LogP contribution in [-0.4, -0.2) is 85.0 Å². The first-order valence-corrected chi connectivity index (χ1v) is 16.4. The highest BCUT2D eigenvalue weighted by Crippen LogP contribution is 2.35. The van der Waals surface area contributed by atoms with Crippen molar-refractivity contribution < 1.29 is 14.4 Å². The summed E-state index contributed by atoms with van der Waals surface area (Å²) in [7, 11) is 1.91. The first kappa shape index (κ1) is 31.9. The van der Waals surface area contributed by atoms with Crippen LogP contribution in [0.4, 0.5) is 10.5 Å². The normalized spacial score (nSPS) is 17.8. The van der Waals surface area contributed by atoms with E-state index in [0.717, 1.165) is 40.7 Å². The van der Waals surface area contributed by atoms with Crippen LogP contribution < -0.4 is 15.5 Å². The lowest BCUT2D eigenvalue weighted by Gasteiger charge is -2.39. The molecule has 9 nitrogen and oxygen atoms in total. The van der Waals surface area contributed by atoms with Crippen LogP contribution in [0.15, 0.2) is 72.9 Å². The fraction of sp³-hybridized carbons (Fsp3) is 0.343. The number of nitrogens with one attached hydrogen (secondary N) is 3. The summed E-state index contributed by atoms with van der Waals surface area (Å²) < 4.78 is 0. The maximum atomic E-state index is 14.7. The van der Waals surface area contributed by atoms with Crippen molar-refractivity contribution in [1.29, 1.82) is 0 Å². The van der Waals surface area contributed by atoms with Crippen LogP contribution in [-0.2, 0) is 11.2 Å². The Labute approximate surface area is 278 Å².